The highest BCUT2D eigenvalue weighted by Crippen LogP contribution is 2.33. The van der Waals surface area contributed by atoms with Crippen LogP contribution in [-0.4, -0.2) is 38.1 Å². The average Bonchev–Trinajstić information content (AvgIpc) is 3.05. The Bertz CT molecular complexity index is 695. The van der Waals surface area contributed by atoms with Crippen molar-refractivity contribution < 1.29 is 9.53 Å². The number of nitrogens with zero attached hydrogens (tertiary/aromatic N) is 2. The Kier molecular flexibility index (Phi) is 5.56. The SMILES string of the molecule is COc1cccc2sc(N(C)CC(=O)NCC3CCCCC3)nc12. The molecule has 1 amide bonds. The molecule has 5 nitrogen and oxygen atoms in total. The van der Waals surface area contributed by atoms with Crippen LogP contribution in [0.25, 0.3) is 10.2 Å². The number of fused-ring (bicyclic) bond motifs is 1. The fourth-order valence-corrected chi connectivity index (χ4v) is 4.17. The Hall–Kier alpha value is -1.82. The lowest BCUT2D eigenvalue weighted by atomic mass is 9.89. The molecule has 6 heteroatoms. The van der Waals surface area contributed by atoms with Gasteiger partial charge in [-0.05, 0) is 30.9 Å². The van der Waals surface area contributed by atoms with E-state index in [4.69, 9.17) is 4.74 Å². The van der Waals surface area contributed by atoms with Crippen LogP contribution in [0.3, 0.4) is 0 Å². The first-order chi connectivity index (χ1) is 11.7. The summed E-state index contributed by atoms with van der Waals surface area (Å²) in [7, 11) is 3.56. The summed E-state index contributed by atoms with van der Waals surface area (Å²) in [5, 5.41) is 3.92. The van der Waals surface area contributed by atoms with Crippen LogP contribution in [0.15, 0.2) is 18.2 Å². The molecule has 0 unspecified atom stereocenters. The van der Waals surface area contributed by atoms with Gasteiger partial charge < -0.3 is 15.0 Å². The first-order valence-corrected chi connectivity index (χ1v) is 9.40. The van der Waals surface area contributed by atoms with Crippen LogP contribution in [-0.2, 0) is 4.79 Å². The Labute approximate surface area is 147 Å². The van der Waals surface area contributed by atoms with Crippen molar-refractivity contribution in [3.63, 3.8) is 0 Å². The number of hydrogen-bond acceptors (Lipinski definition) is 5. The molecule has 0 bridgehead atoms. The van der Waals surface area contributed by atoms with Gasteiger partial charge in [0.1, 0.15) is 11.3 Å². The maximum Gasteiger partial charge on any atom is 0.239 e. The van der Waals surface area contributed by atoms with Crippen LogP contribution >= 0.6 is 11.3 Å². The monoisotopic (exact) mass is 347 g/mol. The summed E-state index contributed by atoms with van der Waals surface area (Å²) in [6.07, 6.45) is 6.43. The van der Waals surface area contributed by atoms with Crippen molar-refractivity contribution in [2.75, 3.05) is 32.1 Å². The third-order valence-corrected chi connectivity index (χ3v) is 5.75. The van der Waals surface area contributed by atoms with Crippen LogP contribution in [0.1, 0.15) is 32.1 Å². The summed E-state index contributed by atoms with van der Waals surface area (Å²) in [6, 6.07) is 5.89. The number of anilines is 1. The van der Waals surface area contributed by atoms with Gasteiger partial charge in [0.2, 0.25) is 5.91 Å². The smallest absolute Gasteiger partial charge is 0.239 e. The third kappa shape index (κ3) is 3.98. The maximum atomic E-state index is 12.2. The molecule has 0 aliphatic heterocycles. The van der Waals surface area contributed by atoms with Gasteiger partial charge in [0.25, 0.3) is 0 Å². The number of aromatic nitrogens is 1. The lowest BCUT2D eigenvalue weighted by Crippen LogP contribution is -2.37. The number of amides is 1. The number of rotatable bonds is 6. The minimum Gasteiger partial charge on any atom is -0.494 e. The number of thiazole rings is 1. The van der Waals surface area contributed by atoms with Crippen molar-refractivity contribution in [1.29, 1.82) is 0 Å². The van der Waals surface area contributed by atoms with Gasteiger partial charge >= 0.3 is 0 Å². The van der Waals surface area contributed by atoms with Crippen molar-refractivity contribution in [3.05, 3.63) is 18.2 Å². The Morgan fingerprint density at radius 1 is 1.38 bits per heavy atom. The molecular formula is C18H25N3O2S. The molecule has 0 spiro atoms. The molecule has 1 aromatic heterocycles. The van der Waals surface area contributed by atoms with Crippen molar-refractivity contribution >= 4 is 32.6 Å². The fraction of sp³-hybridized carbons (Fsp3) is 0.556. The van der Waals surface area contributed by atoms with Gasteiger partial charge in [-0.2, -0.15) is 0 Å². The summed E-state index contributed by atoms with van der Waals surface area (Å²) in [6.45, 7) is 1.13. The first-order valence-electron chi connectivity index (χ1n) is 8.58. The lowest BCUT2D eigenvalue weighted by molar-refractivity contribution is -0.119. The molecule has 1 N–H and O–H groups in total. The van der Waals surface area contributed by atoms with E-state index in [1.165, 1.54) is 32.1 Å². The Morgan fingerprint density at radius 2 is 2.17 bits per heavy atom. The topological polar surface area (TPSA) is 54.5 Å². The molecule has 24 heavy (non-hydrogen) atoms. The fourth-order valence-electron chi connectivity index (χ4n) is 3.23. The molecule has 0 atom stereocenters. The highest BCUT2D eigenvalue weighted by molar-refractivity contribution is 7.22. The molecule has 1 saturated carbocycles. The number of methoxy groups -OCH3 is 1. The Balaban J connectivity index is 1.57. The zero-order valence-corrected chi connectivity index (χ0v) is 15.2. The van der Waals surface area contributed by atoms with E-state index in [1.807, 2.05) is 30.1 Å². The van der Waals surface area contributed by atoms with Gasteiger partial charge in [-0.3, -0.25) is 4.79 Å². The van der Waals surface area contributed by atoms with Gasteiger partial charge in [-0.15, -0.1) is 0 Å². The molecular weight excluding hydrogens is 322 g/mol. The zero-order valence-electron chi connectivity index (χ0n) is 14.4. The highest BCUT2D eigenvalue weighted by atomic mass is 32.1. The lowest BCUT2D eigenvalue weighted by Gasteiger charge is -2.22. The molecule has 0 saturated heterocycles. The van der Waals surface area contributed by atoms with Crippen molar-refractivity contribution in [1.82, 2.24) is 10.3 Å². The van der Waals surface area contributed by atoms with Gasteiger partial charge in [0.15, 0.2) is 5.13 Å². The minimum absolute atomic E-state index is 0.0642. The zero-order chi connectivity index (χ0) is 16.9. The normalized spacial score (nSPS) is 15.4. The van der Waals surface area contributed by atoms with Crippen LogP contribution in [0.4, 0.5) is 5.13 Å². The predicted octanol–water partition coefficient (Wildman–Crippen LogP) is 3.44. The van der Waals surface area contributed by atoms with Crippen molar-refractivity contribution in [2.45, 2.75) is 32.1 Å². The predicted molar refractivity (Wildman–Crippen MR) is 99.0 cm³/mol. The molecule has 3 rings (SSSR count). The Morgan fingerprint density at radius 3 is 2.92 bits per heavy atom. The number of hydrogen-bond donors (Lipinski definition) is 1. The second kappa shape index (κ2) is 7.83. The summed E-state index contributed by atoms with van der Waals surface area (Å²) in [5.74, 6) is 1.49. The number of carbonyl (C=O) groups excluding carboxylic acids is 1. The van der Waals surface area contributed by atoms with Gasteiger partial charge in [-0.25, -0.2) is 4.98 Å². The number of ether oxygens (including phenoxy) is 1. The van der Waals surface area contributed by atoms with E-state index in [2.05, 4.69) is 10.3 Å². The summed E-state index contributed by atoms with van der Waals surface area (Å²) in [5.41, 5.74) is 0.856. The minimum atomic E-state index is 0.0642. The molecule has 0 radical (unpaired) electrons. The van der Waals surface area contributed by atoms with E-state index in [9.17, 15) is 4.79 Å². The molecule has 1 fully saturated rings. The van der Waals surface area contributed by atoms with E-state index in [-0.39, 0.29) is 5.91 Å². The van der Waals surface area contributed by atoms with Crippen LogP contribution < -0.4 is 15.0 Å². The van der Waals surface area contributed by atoms with Crippen LogP contribution in [0, 0.1) is 5.92 Å². The molecule has 1 aliphatic carbocycles. The van der Waals surface area contributed by atoms with E-state index in [0.717, 1.165) is 27.6 Å². The standard InChI is InChI=1S/C18H25N3O2S/c1-21(12-16(22)19-11-13-7-4-3-5-8-13)18-20-17-14(23-2)9-6-10-15(17)24-18/h6,9-10,13H,3-5,7-8,11-12H2,1-2H3,(H,19,22). The van der Waals surface area contributed by atoms with E-state index < -0.39 is 0 Å². The highest BCUT2D eigenvalue weighted by Gasteiger charge is 2.17. The van der Waals surface area contributed by atoms with Crippen LogP contribution in [0.5, 0.6) is 5.75 Å². The second-order valence-corrected chi connectivity index (χ2v) is 7.48. The van der Waals surface area contributed by atoms with Gasteiger partial charge in [0, 0.05) is 13.6 Å². The van der Waals surface area contributed by atoms with Gasteiger partial charge in [0.05, 0.1) is 18.4 Å². The largest absolute Gasteiger partial charge is 0.494 e. The van der Waals surface area contributed by atoms with Crippen molar-refractivity contribution in [3.8, 4) is 5.75 Å². The van der Waals surface area contributed by atoms with E-state index in [0.29, 0.717) is 12.5 Å². The number of benzene rings is 1. The third-order valence-electron chi connectivity index (χ3n) is 4.61. The number of carbonyl (C=O) groups is 1. The molecule has 2 aromatic rings. The number of nitrogens with one attached hydrogen (secondary N) is 1. The van der Waals surface area contributed by atoms with Crippen LogP contribution in [0.2, 0.25) is 0 Å². The summed E-state index contributed by atoms with van der Waals surface area (Å²) in [4.78, 5) is 18.7. The van der Waals surface area contributed by atoms with Crippen molar-refractivity contribution in [2.24, 2.45) is 5.92 Å². The number of para-hydroxylation sites is 1. The summed E-state index contributed by atoms with van der Waals surface area (Å²) < 4.78 is 6.42. The maximum absolute atomic E-state index is 12.2. The average molecular weight is 347 g/mol. The second-order valence-electron chi connectivity index (χ2n) is 6.47. The van der Waals surface area contributed by atoms with E-state index in [1.54, 1.807) is 18.4 Å². The van der Waals surface area contributed by atoms with Gasteiger partial charge in [-0.1, -0.05) is 36.7 Å². The molecule has 130 valence electrons. The molecule has 1 aliphatic rings. The molecule has 1 heterocycles. The molecule has 1 aromatic carbocycles. The van der Waals surface area contributed by atoms with E-state index >= 15 is 0 Å². The number of likely N-dealkylation sites (N-methyl/N-ethyl adjacent to an activating group) is 1. The quantitative estimate of drug-likeness (QED) is 0.870. The first kappa shape index (κ1) is 17.0. The summed E-state index contributed by atoms with van der Waals surface area (Å²) >= 11 is 1.58.